The fourth-order valence-corrected chi connectivity index (χ4v) is 4.60. The second kappa shape index (κ2) is 6.65. The van der Waals surface area contributed by atoms with Crippen LogP contribution in [0.4, 0.5) is 0 Å². The van der Waals surface area contributed by atoms with Crippen LogP contribution in [0.15, 0.2) is 10.7 Å². The summed E-state index contributed by atoms with van der Waals surface area (Å²) in [6, 6.07) is 0.0628. The second-order valence-corrected chi connectivity index (χ2v) is 7.43. The lowest BCUT2D eigenvalue weighted by Gasteiger charge is -2.26. The van der Waals surface area contributed by atoms with E-state index in [1.165, 1.54) is 19.3 Å². The first-order valence-corrected chi connectivity index (χ1v) is 9.44. The Labute approximate surface area is 148 Å². The van der Waals surface area contributed by atoms with E-state index < -0.39 is 0 Å². The average molecular weight is 342 g/mol. The van der Waals surface area contributed by atoms with Gasteiger partial charge in [-0.2, -0.15) is 5.10 Å². The van der Waals surface area contributed by atoms with Gasteiger partial charge in [0, 0.05) is 18.0 Å². The fourth-order valence-electron chi connectivity index (χ4n) is 4.60. The summed E-state index contributed by atoms with van der Waals surface area (Å²) in [5, 5.41) is 11.4. The summed E-state index contributed by atoms with van der Waals surface area (Å²) in [5.74, 6) is 1.36. The highest BCUT2D eigenvalue weighted by Crippen LogP contribution is 2.38. The minimum atomic E-state index is 0.0628. The first kappa shape index (κ1) is 16.4. The molecule has 1 atom stereocenters. The number of rotatable bonds is 3. The average Bonchev–Trinajstić information content (AvgIpc) is 3.35. The van der Waals surface area contributed by atoms with Crippen LogP contribution in [-0.2, 0) is 0 Å². The van der Waals surface area contributed by atoms with E-state index in [2.05, 4.69) is 15.4 Å². The minimum absolute atomic E-state index is 0.0628. The number of aromatic nitrogens is 3. The standard InChI is InChI=1S/C19H26N4O2/c1-12-17(13(2)25-22-12)16-9-6-10-23(16)19(24)15-11-20-21-18(15)14-7-4-3-5-8-14/h11,14,16H,3-10H2,1-2H3,(H,20,21). The van der Waals surface area contributed by atoms with Crippen molar-refractivity contribution in [3.63, 3.8) is 0 Å². The Balaban J connectivity index is 1.61. The molecule has 2 aliphatic rings. The normalized spacial score (nSPS) is 21.8. The van der Waals surface area contributed by atoms with Crippen LogP contribution in [0.25, 0.3) is 0 Å². The van der Waals surface area contributed by atoms with Crippen LogP contribution in [-0.4, -0.2) is 32.7 Å². The molecule has 1 aliphatic heterocycles. The lowest BCUT2D eigenvalue weighted by atomic mass is 9.85. The molecule has 0 radical (unpaired) electrons. The molecule has 134 valence electrons. The highest BCUT2D eigenvalue weighted by Gasteiger charge is 2.36. The van der Waals surface area contributed by atoms with Gasteiger partial charge in [0.25, 0.3) is 5.91 Å². The van der Waals surface area contributed by atoms with Crippen molar-refractivity contribution in [3.05, 3.63) is 34.5 Å². The van der Waals surface area contributed by atoms with Gasteiger partial charge in [-0.25, -0.2) is 0 Å². The molecule has 0 spiro atoms. The maximum absolute atomic E-state index is 13.3. The number of aromatic amines is 1. The van der Waals surface area contributed by atoms with E-state index in [4.69, 9.17) is 4.52 Å². The Hall–Kier alpha value is -2.11. The number of nitrogens with zero attached hydrogens (tertiary/aromatic N) is 3. The number of likely N-dealkylation sites (tertiary alicyclic amines) is 1. The first-order chi connectivity index (χ1) is 12.2. The Morgan fingerprint density at radius 2 is 2.00 bits per heavy atom. The lowest BCUT2D eigenvalue weighted by molar-refractivity contribution is 0.0732. The number of aryl methyl sites for hydroxylation is 2. The van der Waals surface area contributed by atoms with Gasteiger partial charge in [-0.3, -0.25) is 9.89 Å². The number of hydrogen-bond donors (Lipinski definition) is 1. The molecule has 1 saturated heterocycles. The van der Waals surface area contributed by atoms with Crippen molar-refractivity contribution in [1.29, 1.82) is 0 Å². The Morgan fingerprint density at radius 3 is 2.72 bits per heavy atom. The molecular formula is C19H26N4O2. The molecule has 2 aromatic rings. The smallest absolute Gasteiger partial charge is 0.257 e. The van der Waals surface area contributed by atoms with Gasteiger partial charge in [0.1, 0.15) is 5.76 Å². The first-order valence-electron chi connectivity index (χ1n) is 9.44. The topological polar surface area (TPSA) is 75.0 Å². The van der Waals surface area contributed by atoms with Gasteiger partial charge in [0.2, 0.25) is 0 Å². The van der Waals surface area contributed by atoms with E-state index in [0.717, 1.165) is 60.5 Å². The van der Waals surface area contributed by atoms with Crippen molar-refractivity contribution in [1.82, 2.24) is 20.3 Å². The van der Waals surface area contributed by atoms with Crippen LogP contribution in [0.2, 0.25) is 0 Å². The molecule has 1 saturated carbocycles. The maximum atomic E-state index is 13.3. The van der Waals surface area contributed by atoms with Gasteiger partial charge >= 0.3 is 0 Å². The molecule has 1 N–H and O–H groups in total. The van der Waals surface area contributed by atoms with Crippen molar-refractivity contribution in [2.24, 2.45) is 0 Å². The highest BCUT2D eigenvalue weighted by atomic mass is 16.5. The Morgan fingerprint density at radius 1 is 1.20 bits per heavy atom. The molecule has 2 aromatic heterocycles. The maximum Gasteiger partial charge on any atom is 0.257 e. The molecule has 2 fully saturated rings. The quantitative estimate of drug-likeness (QED) is 0.913. The molecule has 1 aliphatic carbocycles. The van der Waals surface area contributed by atoms with Crippen LogP contribution >= 0.6 is 0 Å². The van der Waals surface area contributed by atoms with Crippen LogP contribution in [0.1, 0.15) is 90.0 Å². The molecule has 4 rings (SSSR count). The van der Waals surface area contributed by atoms with E-state index in [-0.39, 0.29) is 11.9 Å². The summed E-state index contributed by atoms with van der Waals surface area (Å²) < 4.78 is 5.34. The number of carbonyl (C=O) groups is 1. The van der Waals surface area contributed by atoms with Crippen molar-refractivity contribution in [2.75, 3.05) is 6.54 Å². The number of carbonyl (C=O) groups excluding carboxylic acids is 1. The van der Waals surface area contributed by atoms with Crippen LogP contribution in [0.5, 0.6) is 0 Å². The van der Waals surface area contributed by atoms with Crippen molar-refractivity contribution in [2.45, 2.75) is 70.8 Å². The van der Waals surface area contributed by atoms with Crippen molar-refractivity contribution >= 4 is 5.91 Å². The molecule has 1 amide bonds. The summed E-state index contributed by atoms with van der Waals surface area (Å²) in [6.07, 6.45) is 9.77. The van der Waals surface area contributed by atoms with Gasteiger partial charge in [-0.15, -0.1) is 0 Å². The molecule has 3 heterocycles. The summed E-state index contributed by atoms with van der Waals surface area (Å²) in [6.45, 7) is 4.67. The molecule has 0 bridgehead atoms. The largest absolute Gasteiger partial charge is 0.361 e. The molecule has 25 heavy (non-hydrogen) atoms. The number of amides is 1. The highest BCUT2D eigenvalue weighted by molar-refractivity contribution is 5.95. The van der Waals surface area contributed by atoms with Gasteiger partial charge in [-0.05, 0) is 39.5 Å². The zero-order chi connectivity index (χ0) is 17.4. The number of H-pyrrole nitrogens is 1. The van der Waals surface area contributed by atoms with Crippen molar-refractivity contribution < 1.29 is 9.32 Å². The third kappa shape index (κ3) is 2.87. The Bertz CT molecular complexity index is 738. The molecule has 6 nitrogen and oxygen atoms in total. The third-order valence-corrected chi connectivity index (χ3v) is 5.85. The van der Waals surface area contributed by atoms with E-state index in [1.807, 2.05) is 18.7 Å². The third-order valence-electron chi connectivity index (χ3n) is 5.85. The van der Waals surface area contributed by atoms with E-state index in [9.17, 15) is 4.79 Å². The van der Waals surface area contributed by atoms with Gasteiger partial charge in [0.15, 0.2) is 0 Å². The SMILES string of the molecule is Cc1noc(C)c1C1CCCN1C(=O)c1cn[nH]c1C1CCCCC1. The van der Waals surface area contributed by atoms with Crippen LogP contribution < -0.4 is 0 Å². The number of nitrogens with one attached hydrogen (secondary N) is 1. The molecule has 1 unspecified atom stereocenters. The summed E-state index contributed by atoms with van der Waals surface area (Å²) in [5.41, 5.74) is 3.76. The summed E-state index contributed by atoms with van der Waals surface area (Å²) in [4.78, 5) is 15.3. The van der Waals surface area contributed by atoms with Crippen LogP contribution in [0, 0.1) is 13.8 Å². The second-order valence-electron chi connectivity index (χ2n) is 7.43. The predicted octanol–water partition coefficient (Wildman–Crippen LogP) is 4.04. The minimum Gasteiger partial charge on any atom is -0.361 e. The zero-order valence-electron chi connectivity index (χ0n) is 15.0. The summed E-state index contributed by atoms with van der Waals surface area (Å²) >= 11 is 0. The van der Waals surface area contributed by atoms with Crippen LogP contribution in [0.3, 0.4) is 0 Å². The Kier molecular flexibility index (Phi) is 4.36. The van der Waals surface area contributed by atoms with Crippen molar-refractivity contribution in [3.8, 4) is 0 Å². The zero-order valence-corrected chi connectivity index (χ0v) is 15.0. The van der Waals surface area contributed by atoms with E-state index in [1.54, 1.807) is 6.20 Å². The van der Waals surface area contributed by atoms with E-state index >= 15 is 0 Å². The van der Waals surface area contributed by atoms with Gasteiger partial charge in [0.05, 0.1) is 29.2 Å². The monoisotopic (exact) mass is 342 g/mol. The summed E-state index contributed by atoms with van der Waals surface area (Å²) in [7, 11) is 0. The van der Waals surface area contributed by atoms with Gasteiger partial charge < -0.3 is 9.42 Å². The molecule has 0 aromatic carbocycles. The number of hydrogen-bond acceptors (Lipinski definition) is 4. The fraction of sp³-hybridized carbons (Fsp3) is 0.632. The molecule has 6 heteroatoms. The van der Waals surface area contributed by atoms with E-state index in [0.29, 0.717) is 5.92 Å². The lowest BCUT2D eigenvalue weighted by Crippen LogP contribution is -2.31. The predicted molar refractivity (Wildman–Crippen MR) is 93.4 cm³/mol. The molecular weight excluding hydrogens is 316 g/mol. The van der Waals surface area contributed by atoms with Gasteiger partial charge in [-0.1, -0.05) is 24.4 Å².